The molecule has 0 unspecified atom stereocenters. The second kappa shape index (κ2) is 17.2. The van der Waals surface area contributed by atoms with Crippen LogP contribution in [-0.2, 0) is 28.7 Å². The monoisotopic (exact) mass is 424 g/mol. The largest absolute Gasteiger partial charge is 0.464 e. The molecule has 8 heteroatoms. The highest BCUT2D eigenvalue weighted by Crippen LogP contribution is 2.12. The average molecular weight is 425 g/mol. The molecule has 30 heavy (non-hydrogen) atoms. The van der Waals surface area contributed by atoms with Crippen molar-refractivity contribution in [2.24, 2.45) is 0 Å². The third-order valence-corrected chi connectivity index (χ3v) is 4.29. The van der Waals surface area contributed by atoms with Crippen molar-refractivity contribution >= 4 is 23.8 Å². The minimum absolute atomic E-state index is 0.202. The fourth-order valence-corrected chi connectivity index (χ4v) is 2.81. The van der Waals surface area contributed by atoms with Crippen LogP contribution in [0.2, 0.25) is 0 Å². The number of methoxy groups -OCH3 is 2. The van der Waals surface area contributed by atoms with Gasteiger partial charge in [0.2, 0.25) is 11.8 Å². The summed E-state index contributed by atoms with van der Waals surface area (Å²) < 4.78 is 9.29. The molecule has 0 atom stereocenters. The number of carbonyl (C=O) groups is 4. The lowest BCUT2D eigenvalue weighted by atomic mass is 10.1. The Bertz CT molecular complexity index is 571. The summed E-state index contributed by atoms with van der Waals surface area (Å²) in [6.07, 6.45) is 13.4. The van der Waals surface area contributed by atoms with Gasteiger partial charge in [-0.3, -0.25) is 9.59 Å². The first kappa shape index (κ1) is 27.4. The molecule has 0 fully saturated rings. The second-order valence-corrected chi connectivity index (χ2v) is 6.99. The van der Waals surface area contributed by atoms with E-state index >= 15 is 0 Å². The highest BCUT2D eigenvalue weighted by Gasteiger charge is 2.10. The van der Waals surface area contributed by atoms with E-state index in [1.165, 1.54) is 28.1 Å². The summed E-state index contributed by atoms with van der Waals surface area (Å²) in [5.74, 6) is -1.65. The number of unbranched alkanes of at least 4 members (excludes halogenated alkanes) is 9. The maximum absolute atomic E-state index is 11.5. The second-order valence-electron chi connectivity index (χ2n) is 6.99. The quantitative estimate of drug-likeness (QED) is 0.237. The van der Waals surface area contributed by atoms with Gasteiger partial charge in [0.15, 0.2) is 0 Å². The van der Waals surface area contributed by atoms with Gasteiger partial charge in [-0.15, -0.1) is 0 Å². The Hall–Kier alpha value is -2.64. The molecule has 0 aliphatic carbocycles. The van der Waals surface area contributed by atoms with Crippen LogP contribution in [0.25, 0.3) is 0 Å². The summed E-state index contributed by atoms with van der Waals surface area (Å²) in [5, 5.41) is 4.98. The van der Waals surface area contributed by atoms with E-state index in [0.717, 1.165) is 51.4 Å². The van der Waals surface area contributed by atoms with Crippen molar-refractivity contribution < 1.29 is 28.7 Å². The van der Waals surface area contributed by atoms with Gasteiger partial charge < -0.3 is 20.1 Å². The summed E-state index contributed by atoms with van der Waals surface area (Å²) in [4.78, 5) is 45.3. The summed E-state index contributed by atoms with van der Waals surface area (Å²) in [7, 11) is 2.57. The van der Waals surface area contributed by atoms with Crippen LogP contribution in [0, 0.1) is 0 Å². The Balaban J connectivity index is 3.87. The molecule has 0 radical (unpaired) electrons. The maximum atomic E-state index is 11.5. The Morgan fingerprint density at radius 1 is 0.600 bits per heavy atom. The van der Waals surface area contributed by atoms with Crippen molar-refractivity contribution in [1.29, 1.82) is 0 Å². The van der Waals surface area contributed by atoms with E-state index in [1.807, 2.05) is 0 Å². The third kappa shape index (κ3) is 14.4. The third-order valence-electron chi connectivity index (χ3n) is 4.29. The maximum Gasteiger partial charge on any atom is 0.354 e. The number of allylic oxidation sites excluding steroid dienone is 2. The van der Waals surface area contributed by atoms with Crippen LogP contribution in [0.3, 0.4) is 0 Å². The van der Waals surface area contributed by atoms with Gasteiger partial charge in [-0.25, -0.2) is 9.59 Å². The van der Waals surface area contributed by atoms with Gasteiger partial charge in [0, 0.05) is 13.8 Å². The van der Waals surface area contributed by atoms with E-state index in [-0.39, 0.29) is 23.2 Å². The minimum Gasteiger partial charge on any atom is -0.464 e. The molecule has 2 N–H and O–H groups in total. The van der Waals surface area contributed by atoms with Crippen molar-refractivity contribution in [3.8, 4) is 0 Å². The van der Waals surface area contributed by atoms with Crippen LogP contribution in [-0.4, -0.2) is 38.0 Å². The number of hydrogen-bond acceptors (Lipinski definition) is 6. The average Bonchev–Trinajstić information content (AvgIpc) is 2.70. The summed E-state index contributed by atoms with van der Waals surface area (Å²) in [6.45, 7) is 2.71. The van der Waals surface area contributed by atoms with Crippen LogP contribution in [0.15, 0.2) is 23.5 Å². The number of amides is 2. The van der Waals surface area contributed by atoms with E-state index in [1.54, 1.807) is 12.2 Å². The van der Waals surface area contributed by atoms with E-state index in [4.69, 9.17) is 0 Å². The molecule has 0 aromatic carbocycles. The van der Waals surface area contributed by atoms with E-state index < -0.39 is 11.9 Å². The molecular formula is C22H36N2O6. The number of nitrogens with one attached hydrogen (secondary N) is 2. The van der Waals surface area contributed by atoms with Gasteiger partial charge in [-0.2, -0.15) is 0 Å². The van der Waals surface area contributed by atoms with Gasteiger partial charge in [-0.05, 0) is 25.7 Å². The first-order valence-electron chi connectivity index (χ1n) is 10.4. The normalized spacial score (nSPS) is 11.6. The van der Waals surface area contributed by atoms with Crippen molar-refractivity contribution in [3.63, 3.8) is 0 Å². The molecule has 0 heterocycles. The molecule has 2 amide bonds. The van der Waals surface area contributed by atoms with Crippen molar-refractivity contribution in [3.05, 3.63) is 23.5 Å². The van der Waals surface area contributed by atoms with Crippen LogP contribution in [0.5, 0.6) is 0 Å². The van der Waals surface area contributed by atoms with Crippen molar-refractivity contribution in [2.45, 2.75) is 78.1 Å². The van der Waals surface area contributed by atoms with E-state index in [0.29, 0.717) is 12.8 Å². The van der Waals surface area contributed by atoms with Gasteiger partial charge in [0.1, 0.15) is 11.4 Å². The van der Waals surface area contributed by atoms with Crippen LogP contribution in [0.4, 0.5) is 0 Å². The standard InChI is InChI=1S/C22H36N2O6/c1-17(25)23-19(21(27)29-3)15-13-11-9-7-5-6-8-10-12-14-16-20(22(28)30-4)24-18(2)26/h15-16H,5-14H2,1-4H3,(H,23,25)(H,24,26). The summed E-state index contributed by atoms with van der Waals surface area (Å²) in [6, 6.07) is 0. The molecule has 0 saturated carbocycles. The molecule has 0 aliphatic heterocycles. The minimum atomic E-state index is -0.532. The Morgan fingerprint density at radius 3 is 1.17 bits per heavy atom. The lowest BCUT2D eigenvalue weighted by Gasteiger charge is -2.06. The zero-order valence-electron chi connectivity index (χ0n) is 18.7. The SMILES string of the molecule is COC(=O)C(=CCCCCCCCCCCC=C(NC(C)=O)C(=O)OC)NC(C)=O. The van der Waals surface area contributed by atoms with Gasteiger partial charge in [-0.1, -0.05) is 50.7 Å². The molecule has 0 saturated heterocycles. The van der Waals surface area contributed by atoms with Crippen LogP contribution < -0.4 is 10.6 Å². The van der Waals surface area contributed by atoms with Crippen LogP contribution >= 0.6 is 0 Å². The lowest BCUT2D eigenvalue weighted by molar-refractivity contribution is -0.138. The zero-order chi connectivity index (χ0) is 22.8. The van der Waals surface area contributed by atoms with Gasteiger partial charge >= 0.3 is 11.9 Å². The Kier molecular flexibility index (Phi) is 15.7. The summed E-state index contributed by atoms with van der Waals surface area (Å²) in [5.41, 5.74) is 0.404. The predicted octanol–water partition coefficient (Wildman–Crippen LogP) is 3.27. The van der Waals surface area contributed by atoms with Crippen LogP contribution in [0.1, 0.15) is 78.1 Å². The molecule has 0 aliphatic rings. The molecule has 0 aromatic rings. The number of esters is 2. The van der Waals surface area contributed by atoms with Crippen molar-refractivity contribution in [2.75, 3.05) is 14.2 Å². The lowest BCUT2D eigenvalue weighted by Crippen LogP contribution is -2.25. The molecule has 0 spiro atoms. The Morgan fingerprint density at radius 2 is 0.900 bits per heavy atom. The molecule has 8 nitrogen and oxygen atoms in total. The molecule has 170 valence electrons. The van der Waals surface area contributed by atoms with Crippen molar-refractivity contribution in [1.82, 2.24) is 10.6 Å². The smallest absolute Gasteiger partial charge is 0.354 e. The van der Waals surface area contributed by atoms with E-state index in [2.05, 4.69) is 20.1 Å². The number of carbonyl (C=O) groups excluding carboxylic acids is 4. The highest BCUT2D eigenvalue weighted by atomic mass is 16.5. The molecule has 0 rings (SSSR count). The molecule has 0 aromatic heterocycles. The topological polar surface area (TPSA) is 111 Å². The number of ether oxygens (including phenoxy) is 2. The number of rotatable bonds is 15. The predicted molar refractivity (Wildman–Crippen MR) is 114 cm³/mol. The fraction of sp³-hybridized carbons (Fsp3) is 0.636. The van der Waals surface area contributed by atoms with Gasteiger partial charge in [0.05, 0.1) is 14.2 Å². The molecular weight excluding hydrogens is 388 g/mol. The highest BCUT2D eigenvalue weighted by molar-refractivity contribution is 5.93. The van der Waals surface area contributed by atoms with Gasteiger partial charge in [0.25, 0.3) is 0 Å². The van der Waals surface area contributed by atoms with E-state index in [9.17, 15) is 19.2 Å². The first-order valence-corrected chi connectivity index (χ1v) is 10.4. The zero-order valence-corrected chi connectivity index (χ0v) is 18.7. The number of hydrogen-bond donors (Lipinski definition) is 2. The summed E-state index contributed by atoms with van der Waals surface area (Å²) >= 11 is 0. The molecule has 0 bridgehead atoms. The fourth-order valence-electron chi connectivity index (χ4n) is 2.81. The first-order chi connectivity index (χ1) is 14.3. The Labute approximate surface area is 179 Å².